The molecule has 27 heavy (non-hydrogen) atoms. The molecule has 0 unspecified atom stereocenters. The van der Waals surface area contributed by atoms with Crippen molar-refractivity contribution in [3.8, 4) is 11.5 Å². The minimum Gasteiger partial charge on any atom is -0.497 e. The first-order valence-electron chi connectivity index (χ1n) is 8.59. The summed E-state index contributed by atoms with van der Waals surface area (Å²) >= 11 is 0. The summed E-state index contributed by atoms with van der Waals surface area (Å²) < 4.78 is 38.5. The van der Waals surface area contributed by atoms with Gasteiger partial charge in [0.05, 0.1) is 24.8 Å². The summed E-state index contributed by atoms with van der Waals surface area (Å²) in [6.45, 7) is 1.41. The maximum atomic E-state index is 12.8. The van der Waals surface area contributed by atoms with E-state index in [2.05, 4.69) is 4.72 Å². The molecule has 3 rings (SSSR count). The topological polar surface area (TPSA) is 84.9 Å². The number of ether oxygens (including phenoxy) is 2. The molecule has 0 atom stereocenters. The van der Waals surface area contributed by atoms with Crippen molar-refractivity contribution in [2.45, 2.75) is 17.7 Å². The van der Waals surface area contributed by atoms with E-state index in [0.717, 1.165) is 12.8 Å². The Morgan fingerprint density at radius 3 is 2.44 bits per heavy atom. The third kappa shape index (κ3) is 4.16. The van der Waals surface area contributed by atoms with Gasteiger partial charge in [-0.25, -0.2) is 8.42 Å². The predicted molar refractivity (Wildman–Crippen MR) is 102 cm³/mol. The number of carbonyl (C=O) groups excluding carboxylic acids is 1. The molecule has 1 N–H and O–H groups in total. The molecule has 0 saturated carbocycles. The molecular weight excluding hydrogens is 368 g/mol. The lowest BCUT2D eigenvalue weighted by Crippen LogP contribution is -2.27. The second kappa shape index (κ2) is 7.87. The van der Waals surface area contributed by atoms with E-state index < -0.39 is 10.0 Å². The molecule has 8 heteroatoms. The molecular formula is C19H22N2O5S. The zero-order chi connectivity index (χ0) is 19.4. The highest BCUT2D eigenvalue weighted by Gasteiger charge is 2.22. The van der Waals surface area contributed by atoms with Crippen LogP contribution in [0.1, 0.15) is 23.2 Å². The number of nitrogens with one attached hydrogen (secondary N) is 1. The molecule has 0 spiro atoms. The van der Waals surface area contributed by atoms with Gasteiger partial charge in [-0.3, -0.25) is 9.52 Å². The Morgan fingerprint density at radius 1 is 1.04 bits per heavy atom. The molecule has 2 aromatic carbocycles. The number of methoxy groups -OCH3 is 2. The van der Waals surface area contributed by atoms with Gasteiger partial charge in [0, 0.05) is 24.7 Å². The Hall–Kier alpha value is -2.74. The Kier molecular flexibility index (Phi) is 5.55. The summed E-state index contributed by atoms with van der Waals surface area (Å²) in [4.78, 5) is 14.3. The van der Waals surface area contributed by atoms with E-state index in [0.29, 0.717) is 30.2 Å². The summed E-state index contributed by atoms with van der Waals surface area (Å²) in [6, 6.07) is 10.9. The molecule has 7 nitrogen and oxygen atoms in total. The first kappa shape index (κ1) is 19.0. The highest BCUT2D eigenvalue weighted by molar-refractivity contribution is 7.92. The van der Waals surface area contributed by atoms with Crippen LogP contribution in [0.2, 0.25) is 0 Å². The molecule has 2 aromatic rings. The summed E-state index contributed by atoms with van der Waals surface area (Å²) in [5.41, 5.74) is 0.616. The first-order chi connectivity index (χ1) is 12.9. The van der Waals surface area contributed by atoms with E-state index >= 15 is 0 Å². The van der Waals surface area contributed by atoms with Crippen molar-refractivity contribution >= 4 is 21.6 Å². The monoisotopic (exact) mass is 390 g/mol. The lowest BCUT2D eigenvalue weighted by atomic mass is 10.2. The molecule has 1 aliphatic heterocycles. The number of likely N-dealkylation sites (tertiary alicyclic amines) is 1. The van der Waals surface area contributed by atoms with Gasteiger partial charge in [0.15, 0.2) is 0 Å². The molecule has 0 aromatic heterocycles. The summed E-state index contributed by atoms with van der Waals surface area (Å²) in [5, 5.41) is 0. The molecule has 1 amide bonds. The quantitative estimate of drug-likeness (QED) is 0.820. The third-order valence-corrected chi connectivity index (χ3v) is 5.80. The van der Waals surface area contributed by atoms with Gasteiger partial charge >= 0.3 is 0 Å². The number of hydrogen-bond donors (Lipinski definition) is 1. The van der Waals surface area contributed by atoms with Crippen molar-refractivity contribution in [2.75, 3.05) is 32.0 Å². The Labute approximate surface area is 158 Å². The van der Waals surface area contributed by atoms with Crippen LogP contribution >= 0.6 is 0 Å². The van der Waals surface area contributed by atoms with Crippen molar-refractivity contribution < 1.29 is 22.7 Å². The number of hydrogen-bond acceptors (Lipinski definition) is 5. The van der Waals surface area contributed by atoms with Crippen molar-refractivity contribution in [1.82, 2.24) is 4.90 Å². The van der Waals surface area contributed by atoms with Crippen LogP contribution in [0.4, 0.5) is 5.69 Å². The number of nitrogens with zero attached hydrogens (tertiary/aromatic N) is 1. The van der Waals surface area contributed by atoms with Crippen molar-refractivity contribution in [1.29, 1.82) is 0 Å². The fourth-order valence-electron chi connectivity index (χ4n) is 3.00. The second-order valence-corrected chi connectivity index (χ2v) is 7.88. The van der Waals surface area contributed by atoms with Gasteiger partial charge in [-0.15, -0.1) is 0 Å². The highest BCUT2D eigenvalue weighted by Crippen LogP contribution is 2.31. The van der Waals surface area contributed by atoms with E-state index in [1.165, 1.54) is 32.4 Å². The van der Waals surface area contributed by atoms with Crippen LogP contribution in [0.15, 0.2) is 47.4 Å². The van der Waals surface area contributed by atoms with Gasteiger partial charge in [0.25, 0.3) is 15.9 Å². The van der Waals surface area contributed by atoms with E-state index in [4.69, 9.17) is 9.47 Å². The fourth-order valence-corrected chi connectivity index (χ4v) is 4.10. The number of anilines is 1. The standard InChI is InChI=1S/C19H22N2O5S/c1-25-15-8-9-18(26-2)17(13-15)20-27(23,24)16-7-5-6-14(12-16)19(22)21-10-3-4-11-21/h5-9,12-13,20H,3-4,10-11H2,1-2H3. The van der Waals surface area contributed by atoms with Gasteiger partial charge < -0.3 is 14.4 Å². The maximum absolute atomic E-state index is 12.8. The molecule has 0 aliphatic carbocycles. The molecule has 1 fully saturated rings. The number of benzene rings is 2. The largest absolute Gasteiger partial charge is 0.497 e. The smallest absolute Gasteiger partial charge is 0.262 e. The lowest BCUT2D eigenvalue weighted by Gasteiger charge is -2.16. The highest BCUT2D eigenvalue weighted by atomic mass is 32.2. The van der Waals surface area contributed by atoms with Gasteiger partial charge in [0.1, 0.15) is 11.5 Å². The van der Waals surface area contributed by atoms with E-state index in [1.807, 2.05) is 0 Å². The van der Waals surface area contributed by atoms with E-state index in [1.54, 1.807) is 29.2 Å². The minimum atomic E-state index is -3.91. The lowest BCUT2D eigenvalue weighted by molar-refractivity contribution is 0.0792. The summed E-state index contributed by atoms with van der Waals surface area (Å²) in [5.74, 6) is 0.707. The zero-order valence-corrected chi connectivity index (χ0v) is 16.1. The Morgan fingerprint density at radius 2 is 1.78 bits per heavy atom. The van der Waals surface area contributed by atoms with E-state index in [-0.39, 0.29) is 16.5 Å². The Balaban J connectivity index is 1.89. The van der Waals surface area contributed by atoms with Crippen LogP contribution in [-0.2, 0) is 10.0 Å². The maximum Gasteiger partial charge on any atom is 0.262 e. The average molecular weight is 390 g/mol. The fraction of sp³-hybridized carbons (Fsp3) is 0.316. The number of amides is 1. The molecule has 1 saturated heterocycles. The van der Waals surface area contributed by atoms with Crippen molar-refractivity contribution in [2.24, 2.45) is 0 Å². The van der Waals surface area contributed by atoms with Crippen molar-refractivity contribution in [3.63, 3.8) is 0 Å². The Bertz CT molecular complexity index is 937. The van der Waals surface area contributed by atoms with Crippen LogP contribution < -0.4 is 14.2 Å². The van der Waals surface area contributed by atoms with Gasteiger partial charge in [-0.2, -0.15) is 0 Å². The molecule has 0 bridgehead atoms. The number of carbonyl (C=O) groups is 1. The van der Waals surface area contributed by atoms with Crippen LogP contribution in [0.3, 0.4) is 0 Å². The van der Waals surface area contributed by atoms with Gasteiger partial charge in [-0.1, -0.05) is 6.07 Å². The van der Waals surface area contributed by atoms with Crippen LogP contribution in [0.25, 0.3) is 0 Å². The molecule has 144 valence electrons. The SMILES string of the molecule is COc1ccc(OC)c(NS(=O)(=O)c2cccc(C(=O)N3CCCC3)c2)c1. The molecule has 1 aliphatic rings. The predicted octanol–water partition coefficient (Wildman–Crippen LogP) is 2.74. The van der Waals surface area contributed by atoms with Crippen molar-refractivity contribution in [3.05, 3.63) is 48.0 Å². The summed E-state index contributed by atoms with van der Waals surface area (Å²) in [7, 11) is -0.960. The van der Waals surface area contributed by atoms with Gasteiger partial charge in [-0.05, 0) is 43.2 Å². The van der Waals surface area contributed by atoms with Crippen LogP contribution in [-0.4, -0.2) is 46.5 Å². The number of sulfonamides is 1. The van der Waals surface area contributed by atoms with Gasteiger partial charge in [0.2, 0.25) is 0 Å². The molecule has 0 radical (unpaired) electrons. The normalized spacial score (nSPS) is 14.1. The zero-order valence-electron chi connectivity index (χ0n) is 15.3. The minimum absolute atomic E-state index is 0.0115. The van der Waals surface area contributed by atoms with E-state index in [9.17, 15) is 13.2 Å². The number of rotatable bonds is 6. The average Bonchev–Trinajstić information content (AvgIpc) is 3.22. The second-order valence-electron chi connectivity index (χ2n) is 6.20. The summed E-state index contributed by atoms with van der Waals surface area (Å²) in [6.07, 6.45) is 1.95. The third-order valence-electron chi connectivity index (χ3n) is 4.44. The molecule has 1 heterocycles. The van der Waals surface area contributed by atoms with Crippen LogP contribution in [0, 0.1) is 0 Å². The van der Waals surface area contributed by atoms with Crippen LogP contribution in [0.5, 0.6) is 11.5 Å². The first-order valence-corrected chi connectivity index (χ1v) is 10.1.